The molecular weight excluding hydrogens is 300 g/mol. The number of hydrogen-bond acceptors (Lipinski definition) is 1. The lowest BCUT2D eigenvalue weighted by Gasteiger charge is -2.09. The van der Waals surface area contributed by atoms with Crippen LogP contribution in [0, 0.1) is 12.7 Å². The third-order valence-corrected chi connectivity index (χ3v) is 3.56. The van der Waals surface area contributed by atoms with Crippen LogP contribution in [0.1, 0.15) is 11.1 Å². The lowest BCUT2D eigenvalue weighted by atomic mass is 10.1. The van der Waals surface area contributed by atoms with Crippen LogP contribution < -0.4 is 5.32 Å². The second-order valence-electron chi connectivity index (χ2n) is 4.39. The summed E-state index contributed by atoms with van der Waals surface area (Å²) in [7, 11) is 0. The van der Waals surface area contributed by atoms with Crippen LogP contribution >= 0.6 is 23.2 Å². The highest BCUT2D eigenvalue weighted by Crippen LogP contribution is 2.25. The van der Waals surface area contributed by atoms with E-state index >= 15 is 0 Å². The maximum atomic E-state index is 13.4. The summed E-state index contributed by atoms with van der Waals surface area (Å²) in [6.45, 7) is 1.66. The fraction of sp³-hybridized carbons (Fsp3) is 0.133. The first-order chi connectivity index (χ1) is 9.47. The number of amides is 1. The predicted molar refractivity (Wildman–Crippen MR) is 79.9 cm³/mol. The Balaban J connectivity index is 2.11. The first kappa shape index (κ1) is 14.8. The quantitative estimate of drug-likeness (QED) is 0.880. The molecule has 2 nitrogen and oxygen atoms in total. The SMILES string of the molecule is Cc1ccc(NC(=O)Cc2c(Cl)cccc2Cl)cc1F. The number of carbonyl (C=O) groups is 1. The van der Waals surface area contributed by atoms with Crippen LogP contribution in [0.5, 0.6) is 0 Å². The van der Waals surface area contributed by atoms with Gasteiger partial charge in [-0.2, -0.15) is 0 Å². The molecule has 0 radical (unpaired) electrons. The Morgan fingerprint density at radius 1 is 1.20 bits per heavy atom. The highest BCUT2D eigenvalue weighted by Gasteiger charge is 2.11. The minimum absolute atomic E-state index is 0.0357. The molecule has 5 heteroatoms. The summed E-state index contributed by atoms with van der Waals surface area (Å²) in [4.78, 5) is 11.9. The van der Waals surface area contributed by atoms with E-state index in [0.29, 0.717) is 26.9 Å². The number of hydrogen-bond donors (Lipinski definition) is 1. The summed E-state index contributed by atoms with van der Waals surface area (Å²) >= 11 is 12.0. The smallest absolute Gasteiger partial charge is 0.228 e. The summed E-state index contributed by atoms with van der Waals surface area (Å²) in [6, 6.07) is 9.57. The number of anilines is 1. The maximum Gasteiger partial charge on any atom is 0.228 e. The largest absolute Gasteiger partial charge is 0.326 e. The number of nitrogens with one attached hydrogen (secondary N) is 1. The molecule has 0 bridgehead atoms. The fourth-order valence-corrected chi connectivity index (χ4v) is 2.27. The summed E-state index contributed by atoms with van der Waals surface area (Å²) in [5.74, 6) is -0.665. The van der Waals surface area contributed by atoms with Gasteiger partial charge in [0.1, 0.15) is 5.82 Å². The van der Waals surface area contributed by atoms with Crippen molar-refractivity contribution in [3.8, 4) is 0 Å². The van der Waals surface area contributed by atoms with Gasteiger partial charge in [0.2, 0.25) is 5.91 Å². The Kier molecular flexibility index (Phi) is 4.63. The summed E-state index contributed by atoms with van der Waals surface area (Å²) in [6.07, 6.45) is 0.0357. The van der Waals surface area contributed by atoms with Gasteiger partial charge in [0.05, 0.1) is 6.42 Å². The normalized spacial score (nSPS) is 10.4. The van der Waals surface area contributed by atoms with Crippen molar-refractivity contribution >= 4 is 34.8 Å². The van der Waals surface area contributed by atoms with Gasteiger partial charge in [-0.3, -0.25) is 4.79 Å². The van der Waals surface area contributed by atoms with Crippen LogP contribution in [0.25, 0.3) is 0 Å². The number of benzene rings is 2. The van der Waals surface area contributed by atoms with Crippen LogP contribution in [-0.4, -0.2) is 5.91 Å². The monoisotopic (exact) mass is 311 g/mol. The van der Waals surface area contributed by atoms with Gasteiger partial charge in [0.25, 0.3) is 0 Å². The Labute approximate surface area is 126 Å². The van der Waals surface area contributed by atoms with Crippen molar-refractivity contribution in [1.29, 1.82) is 0 Å². The molecule has 2 rings (SSSR count). The average molecular weight is 312 g/mol. The highest BCUT2D eigenvalue weighted by molar-refractivity contribution is 6.36. The minimum atomic E-state index is -0.362. The zero-order chi connectivity index (χ0) is 14.7. The Hall–Kier alpha value is -1.58. The van der Waals surface area contributed by atoms with E-state index < -0.39 is 0 Å². The van der Waals surface area contributed by atoms with Crippen LogP contribution in [-0.2, 0) is 11.2 Å². The van der Waals surface area contributed by atoms with Gasteiger partial charge in [-0.1, -0.05) is 35.3 Å². The molecular formula is C15H12Cl2FNO. The molecule has 104 valence electrons. The standard InChI is InChI=1S/C15H12Cl2FNO/c1-9-5-6-10(7-14(9)18)19-15(20)8-11-12(16)3-2-4-13(11)17/h2-7H,8H2,1H3,(H,19,20). The molecule has 0 saturated carbocycles. The second-order valence-corrected chi connectivity index (χ2v) is 5.20. The van der Waals surface area contributed by atoms with E-state index in [2.05, 4.69) is 5.32 Å². The van der Waals surface area contributed by atoms with Crippen molar-refractivity contribution in [3.63, 3.8) is 0 Å². The van der Waals surface area contributed by atoms with Gasteiger partial charge >= 0.3 is 0 Å². The molecule has 0 aliphatic rings. The molecule has 0 spiro atoms. The minimum Gasteiger partial charge on any atom is -0.326 e. The molecule has 2 aromatic rings. The number of carbonyl (C=O) groups excluding carboxylic acids is 1. The Morgan fingerprint density at radius 3 is 2.45 bits per heavy atom. The van der Waals surface area contributed by atoms with Crippen molar-refractivity contribution in [3.05, 3.63) is 63.4 Å². The van der Waals surface area contributed by atoms with Crippen LogP contribution in [0.4, 0.5) is 10.1 Å². The molecule has 0 saturated heterocycles. The molecule has 0 fully saturated rings. The van der Waals surface area contributed by atoms with Crippen LogP contribution in [0.3, 0.4) is 0 Å². The molecule has 0 aromatic heterocycles. The molecule has 20 heavy (non-hydrogen) atoms. The first-order valence-corrected chi connectivity index (χ1v) is 6.72. The summed E-state index contributed by atoms with van der Waals surface area (Å²) < 4.78 is 13.4. The highest BCUT2D eigenvalue weighted by atomic mass is 35.5. The molecule has 0 heterocycles. The number of rotatable bonds is 3. The fourth-order valence-electron chi connectivity index (χ4n) is 1.74. The third kappa shape index (κ3) is 3.50. The van der Waals surface area contributed by atoms with E-state index in [4.69, 9.17) is 23.2 Å². The van der Waals surface area contributed by atoms with Gasteiger partial charge < -0.3 is 5.32 Å². The van der Waals surface area contributed by atoms with Crippen molar-refractivity contribution in [2.45, 2.75) is 13.3 Å². The van der Waals surface area contributed by atoms with Gasteiger partial charge in [0.15, 0.2) is 0 Å². The van der Waals surface area contributed by atoms with Crippen molar-refractivity contribution in [2.75, 3.05) is 5.32 Å². The average Bonchev–Trinajstić information content (AvgIpc) is 2.38. The lowest BCUT2D eigenvalue weighted by Crippen LogP contribution is -2.15. The molecule has 2 aromatic carbocycles. The van der Waals surface area contributed by atoms with Crippen LogP contribution in [0.2, 0.25) is 10.0 Å². The van der Waals surface area contributed by atoms with Gasteiger partial charge in [0, 0.05) is 15.7 Å². The van der Waals surface area contributed by atoms with Crippen molar-refractivity contribution in [1.82, 2.24) is 0 Å². The second kappa shape index (κ2) is 6.25. The Bertz CT molecular complexity index is 638. The molecule has 0 aliphatic carbocycles. The predicted octanol–water partition coefficient (Wildman–Crippen LogP) is 4.62. The zero-order valence-corrected chi connectivity index (χ0v) is 12.2. The van der Waals surface area contributed by atoms with E-state index in [1.165, 1.54) is 6.07 Å². The molecule has 0 aliphatic heterocycles. The summed E-state index contributed by atoms with van der Waals surface area (Å²) in [5, 5.41) is 3.48. The van der Waals surface area contributed by atoms with Crippen LogP contribution in [0.15, 0.2) is 36.4 Å². The van der Waals surface area contributed by atoms with E-state index in [1.54, 1.807) is 37.3 Å². The zero-order valence-electron chi connectivity index (χ0n) is 10.7. The van der Waals surface area contributed by atoms with E-state index in [0.717, 1.165) is 0 Å². The molecule has 0 unspecified atom stereocenters. The van der Waals surface area contributed by atoms with Crippen molar-refractivity contribution < 1.29 is 9.18 Å². The van der Waals surface area contributed by atoms with Gasteiger partial charge in [-0.05, 0) is 42.3 Å². The Morgan fingerprint density at radius 2 is 1.85 bits per heavy atom. The molecule has 0 atom stereocenters. The van der Waals surface area contributed by atoms with E-state index in [9.17, 15) is 9.18 Å². The lowest BCUT2D eigenvalue weighted by molar-refractivity contribution is -0.115. The maximum absolute atomic E-state index is 13.4. The summed E-state index contributed by atoms with van der Waals surface area (Å²) in [5.41, 5.74) is 1.49. The molecule has 1 N–H and O–H groups in total. The molecule has 1 amide bonds. The topological polar surface area (TPSA) is 29.1 Å². The van der Waals surface area contributed by atoms with E-state index in [1.807, 2.05) is 0 Å². The van der Waals surface area contributed by atoms with Gasteiger partial charge in [-0.25, -0.2) is 4.39 Å². The first-order valence-electron chi connectivity index (χ1n) is 5.96. The van der Waals surface area contributed by atoms with E-state index in [-0.39, 0.29) is 18.1 Å². The number of halogens is 3. The van der Waals surface area contributed by atoms with Gasteiger partial charge in [-0.15, -0.1) is 0 Å². The van der Waals surface area contributed by atoms with Crippen molar-refractivity contribution in [2.24, 2.45) is 0 Å². The third-order valence-electron chi connectivity index (χ3n) is 2.85. The number of aryl methyl sites for hydroxylation is 1.